The molecule has 0 spiro atoms. The molecule has 2 unspecified atom stereocenters. The van der Waals surface area contributed by atoms with Gasteiger partial charge in [-0.2, -0.15) is 13.2 Å². The normalized spacial score (nSPS) is 26.0. The van der Waals surface area contributed by atoms with Gasteiger partial charge in [0.15, 0.2) is 5.82 Å². The molecular formula is C9H13F3N4O4. The molecule has 1 aromatic heterocycles. The number of aromatic nitrogens is 4. The van der Waals surface area contributed by atoms with Gasteiger partial charge in [0.05, 0.1) is 0 Å². The van der Waals surface area contributed by atoms with E-state index in [-0.39, 0.29) is 0 Å². The van der Waals surface area contributed by atoms with E-state index in [2.05, 4.69) is 15.4 Å². The predicted octanol–water partition coefficient (Wildman–Crippen LogP) is -0.195. The molecule has 20 heavy (non-hydrogen) atoms. The summed E-state index contributed by atoms with van der Waals surface area (Å²) < 4.78 is 31.7. The summed E-state index contributed by atoms with van der Waals surface area (Å²) in [6.45, 7) is 1.69. The molecule has 8 nitrogen and oxygen atoms in total. The monoisotopic (exact) mass is 298 g/mol. The maximum atomic E-state index is 10.6. The lowest BCUT2D eigenvalue weighted by Gasteiger charge is -2.24. The number of aryl methyl sites for hydroxylation is 1. The Kier molecular flexibility index (Phi) is 4.65. The molecule has 0 aliphatic heterocycles. The van der Waals surface area contributed by atoms with Crippen LogP contribution in [0.25, 0.3) is 0 Å². The number of aliphatic carboxylic acids is 1. The van der Waals surface area contributed by atoms with Crippen molar-refractivity contribution >= 4 is 5.97 Å². The summed E-state index contributed by atoms with van der Waals surface area (Å²) in [5.41, 5.74) is -1.35. The number of hydrogen-bond acceptors (Lipinski definition) is 6. The van der Waals surface area contributed by atoms with Crippen LogP contribution in [-0.4, -0.2) is 53.8 Å². The molecule has 1 fully saturated rings. The third kappa shape index (κ3) is 3.63. The number of halogens is 3. The highest BCUT2D eigenvalue weighted by Gasteiger charge is 2.44. The van der Waals surface area contributed by atoms with Crippen molar-refractivity contribution in [3.8, 4) is 0 Å². The van der Waals surface area contributed by atoms with Crippen LogP contribution in [0.4, 0.5) is 13.2 Å². The standard InChI is InChI=1S/C7H12N4O2.C2HF3O2/c1-5-8-10-11(9-5)7(13)4-2-3-6(7)12;3-2(4,5)1(6)7/h6,12-13H,2-4H2,1H3;(H,6,7). The molecule has 11 heteroatoms. The lowest BCUT2D eigenvalue weighted by Crippen LogP contribution is -2.42. The Hall–Kier alpha value is -1.75. The number of carboxylic acid groups (broad SMARTS) is 1. The van der Waals surface area contributed by atoms with Gasteiger partial charge in [-0.05, 0) is 25.0 Å². The van der Waals surface area contributed by atoms with Gasteiger partial charge in [0.1, 0.15) is 6.10 Å². The number of rotatable bonds is 1. The Bertz CT molecular complexity index is 478. The van der Waals surface area contributed by atoms with Crippen LogP contribution < -0.4 is 0 Å². The Morgan fingerprint density at radius 1 is 1.50 bits per heavy atom. The fraction of sp³-hybridized carbons (Fsp3) is 0.778. The average molecular weight is 298 g/mol. The van der Waals surface area contributed by atoms with E-state index in [1.54, 1.807) is 6.92 Å². The second-order valence-electron chi connectivity index (χ2n) is 4.22. The lowest BCUT2D eigenvalue weighted by atomic mass is 10.1. The summed E-state index contributed by atoms with van der Waals surface area (Å²) in [5, 5.41) is 37.9. The molecule has 1 saturated carbocycles. The van der Waals surface area contributed by atoms with Gasteiger partial charge in [0.2, 0.25) is 5.72 Å². The lowest BCUT2D eigenvalue weighted by molar-refractivity contribution is -0.192. The SMILES string of the molecule is Cc1nnn(C2(O)CCCC2O)n1.O=C(O)C(F)(F)F. The molecule has 0 aromatic carbocycles. The predicted molar refractivity (Wildman–Crippen MR) is 56.3 cm³/mol. The highest BCUT2D eigenvalue weighted by atomic mass is 19.4. The van der Waals surface area contributed by atoms with E-state index in [0.717, 1.165) is 11.2 Å². The molecule has 1 aromatic rings. The number of aliphatic hydroxyl groups is 2. The highest BCUT2D eigenvalue weighted by Crippen LogP contribution is 2.32. The molecule has 0 saturated heterocycles. The van der Waals surface area contributed by atoms with Gasteiger partial charge < -0.3 is 15.3 Å². The minimum atomic E-state index is -5.08. The maximum absolute atomic E-state index is 10.6. The first-order chi connectivity index (χ1) is 9.07. The minimum Gasteiger partial charge on any atom is -0.475 e. The molecule has 0 bridgehead atoms. The summed E-state index contributed by atoms with van der Waals surface area (Å²) in [6, 6.07) is 0. The molecular weight excluding hydrogens is 285 g/mol. The van der Waals surface area contributed by atoms with E-state index >= 15 is 0 Å². The van der Waals surface area contributed by atoms with Gasteiger partial charge in [-0.25, -0.2) is 4.79 Å². The van der Waals surface area contributed by atoms with Crippen molar-refractivity contribution < 1.29 is 33.3 Å². The van der Waals surface area contributed by atoms with E-state index in [1.807, 2.05) is 0 Å². The second kappa shape index (κ2) is 5.71. The number of aliphatic hydroxyl groups excluding tert-OH is 1. The molecule has 2 rings (SSSR count). The van der Waals surface area contributed by atoms with Crippen LogP contribution in [0, 0.1) is 6.92 Å². The van der Waals surface area contributed by atoms with Gasteiger partial charge in [-0.1, -0.05) is 0 Å². The van der Waals surface area contributed by atoms with Crippen molar-refractivity contribution in [1.29, 1.82) is 0 Å². The summed E-state index contributed by atoms with van der Waals surface area (Å²) in [7, 11) is 0. The van der Waals surface area contributed by atoms with Crippen LogP contribution in [0.5, 0.6) is 0 Å². The Morgan fingerprint density at radius 2 is 2.05 bits per heavy atom. The van der Waals surface area contributed by atoms with Gasteiger partial charge >= 0.3 is 12.1 Å². The van der Waals surface area contributed by atoms with E-state index in [9.17, 15) is 23.4 Å². The first kappa shape index (κ1) is 16.3. The average Bonchev–Trinajstić information content (AvgIpc) is 2.87. The Balaban J connectivity index is 0.000000246. The number of carbonyl (C=O) groups is 1. The first-order valence-electron chi connectivity index (χ1n) is 5.55. The molecule has 1 aliphatic carbocycles. The number of carboxylic acids is 1. The van der Waals surface area contributed by atoms with Crippen LogP contribution in [0.15, 0.2) is 0 Å². The highest BCUT2D eigenvalue weighted by molar-refractivity contribution is 5.73. The van der Waals surface area contributed by atoms with Crippen LogP contribution in [-0.2, 0) is 10.5 Å². The summed E-state index contributed by atoms with van der Waals surface area (Å²) >= 11 is 0. The molecule has 3 N–H and O–H groups in total. The summed E-state index contributed by atoms with van der Waals surface area (Å²) in [4.78, 5) is 10.0. The zero-order valence-corrected chi connectivity index (χ0v) is 10.4. The molecule has 0 radical (unpaired) electrons. The molecule has 1 heterocycles. The maximum Gasteiger partial charge on any atom is 0.490 e. The van der Waals surface area contributed by atoms with Crippen LogP contribution in [0.3, 0.4) is 0 Å². The third-order valence-corrected chi connectivity index (χ3v) is 2.66. The van der Waals surface area contributed by atoms with Crippen molar-refractivity contribution in [2.24, 2.45) is 0 Å². The Labute approximate surface area is 110 Å². The van der Waals surface area contributed by atoms with Crippen molar-refractivity contribution in [2.75, 3.05) is 0 Å². The zero-order chi connectivity index (χ0) is 15.6. The minimum absolute atomic E-state index is 0.476. The van der Waals surface area contributed by atoms with E-state index in [1.165, 1.54) is 0 Å². The van der Waals surface area contributed by atoms with Gasteiger partial charge in [-0.15, -0.1) is 15.0 Å². The number of tetrazole rings is 1. The second-order valence-corrected chi connectivity index (χ2v) is 4.22. The molecule has 2 atom stereocenters. The van der Waals surface area contributed by atoms with Gasteiger partial charge in [0, 0.05) is 6.42 Å². The first-order valence-corrected chi connectivity index (χ1v) is 5.55. The number of nitrogens with zero attached hydrogens (tertiary/aromatic N) is 4. The molecule has 1 aliphatic rings. The van der Waals surface area contributed by atoms with Crippen molar-refractivity contribution in [3.05, 3.63) is 5.82 Å². The third-order valence-electron chi connectivity index (χ3n) is 2.66. The number of hydrogen-bond donors (Lipinski definition) is 3. The van der Waals surface area contributed by atoms with Gasteiger partial charge in [0.25, 0.3) is 0 Å². The molecule has 114 valence electrons. The van der Waals surface area contributed by atoms with Crippen LogP contribution >= 0.6 is 0 Å². The zero-order valence-electron chi connectivity index (χ0n) is 10.4. The van der Waals surface area contributed by atoms with Crippen molar-refractivity contribution in [3.63, 3.8) is 0 Å². The van der Waals surface area contributed by atoms with E-state index in [4.69, 9.17) is 9.90 Å². The number of alkyl halides is 3. The van der Waals surface area contributed by atoms with Gasteiger partial charge in [-0.3, -0.25) is 0 Å². The van der Waals surface area contributed by atoms with Crippen molar-refractivity contribution in [1.82, 2.24) is 20.2 Å². The van der Waals surface area contributed by atoms with Crippen LogP contribution in [0.1, 0.15) is 25.1 Å². The van der Waals surface area contributed by atoms with E-state index < -0.39 is 24.0 Å². The Morgan fingerprint density at radius 3 is 2.35 bits per heavy atom. The smallest absolute Gasteiger partial charge is 0.475 e. The largest absolute Gasteiger partial charge is 0.490 e. The topological polar surface area (TPSA) is 121 Å². The van der Waals surface area contributed by atoms with E-state index in [0.29, 0.717) is 18.7 Å². The quantitative estimate of drug-likeness (QED) is 0.656. The fourth-order valence-corrected chi connectivity index (χ4v) is 1.63. The van der Waals surface area contributed by atoms with Crippen molar-refractivity contribution in [2.45, 2.75) is 44.2 Å². The molecule has 0 amide bonds. The summed E-state index contributed by atoms with van der Waals surface area (Å²) in [6.07, 6.45) is -4.04. The van der Waals surface area contributed by atoms with Crippen LogP contribution in [0.2, 0.25) is 0 Å². The summed E-state index contributed by atoms with van der Waals surface area (Å²) in [5.74, 6) is -2.26. The fourth-order valence-electron chi connectivity index (χ4n) is 1.63.